The smallest absolute Gasteiger partial charge is 0.225 e. The quantitative estimate of drug-likeness (QED) is 0.776. The van der Waals surface area contributed by atoms with E-state index in [1.54, 1.807) is 0 Å². The van der Waals surface area contributed by atoms with Crippen molar-refractivity contribution in [3.63, 3.8) is 0 Å². The summed E-state index contributed by atoms with van der Waals surface area (Å²) in [6, 6.07) is 0. The largest absolute Gasteiger partial charge is 0.375 e. The van der Waals surface area contributed by atoms with E-state index < -0.39 is 0 Å². The van der Waals surface area contributed by atoms with E-state index in [0.29, 0.717) is 26.1 Å². The van der Waals surface area contributed by atoms with E-state index in [1.165, 1.54) is 0 Å². The third-order valence-electron chi connectivity index (χ3n) is 3.33. The van der Waals surface area contributed by atoms with Crippen LogP contribution in [0, 0.1) is 0 Å². The van der Waals surface area contributed by atoms with Gasteiger partial charge in [0.05, 0.1) is 30.8 Å². The molecular formula is C13H24N2O3. The van der Waals surface area contributed by atoms with Gasteiger partial charge in [0.15, 0.2) is 0 Å². The van der Waals surface area contributed by atoms with Crippen molar-refractivity contribution in [1.82, 2.24) is 10.2 Å². The van der Waals surface area contributed by atoms with Crippen molar-refractivity contribution in [2.45, 2.75) is 45.0 Å². The van der Waals surface area contributed by atoms with Gasteiger partial charge in [-0.25, -0.2) is 0 Å². The number of rotatable bonds is 2. The first kappa shape index (κ1) is 13.8. The molecule has 5 heteroatoms. The molecule has 0 spiro atoms. The number of carbonyl (C=O) groups excluding carboxylic acids is 1. The molecule has 2 atom stereocenters. The van der Waals surface area contributed by atoms with E-state index in [1.807, 2.05) is 25.7 Å². The Hall–Kier alpha value is -0.650. The van der Waals surface area contributed by atoms with Crippen LogP contribution >= 0.6 is 0 Å². The molecule has 5 nitrogen and oxygen atoms in total. The van der Waals surface area contributed by atoms with Gasteiger partial charge in [0.1, 0.15) is 0 Å². The minimum absolute atomic E-state index is 0.0208. The average Bonchev–Trinajstić information content (AvgIpc) is 2.27. The fourth-order valence-electron chi connectivity index (χ4n) is 2.72. The Morgan fingerprint density at radius 3 is 2.89 bits per heavy atom. The molecule has 2 aliphatic heterocycles. The highest BCUT2D eigenvalue weighted by atomic mass is 16.5. The molecule has 104 valence electrons. The lowest BCUT2D eigenvalue weighted by Gasteiger charge is -2.42. The maximum Gasteiger partial charge on any atom is 0.225 e. The zero-order valence-electron chi connectivity index (χ0n) is 11.6. The molecule has 2 rings (SSSR count). The Kier molecular flexibility index (Phi) is 4.25. The molecule has 1 amide bonds. The third kappa shape index (κ3) is 3.67. The van der Waals surface area contributed by atoms with Gasteiger partial charge in [-0.15, -0.1) is 0 Å². The van der Waals surface area contributed by atoms with Crippen molar-refractivity contribution in [2.75, 3.05) is 32.8 Å². The van der Waals surface area contributed by atoms with Gasteiger partial charge < -0.3 is 19.7 Å². The van der Waals surface area contributed by atoms with Crippen molar-refractivity contribution in [1.29, 1.82) is 0 Å². The van der Waals surface area contributed by atoms with Gasteiger partial charge in [0.25, 0.3) is 0 Å². The number of carbonyl (C=O) groups is 1. The van der Waals surface area contributed by atoms with Crippen molar-refractivity contribution in [3.8, 4) is 0 Å². The average molecular weight is 256 g/mol. The Morgan fingerprint density at radius 1 is 1.50 bits per heavy atom. The number of amides is 1. The van der Waals surface area contributed by atoms with Crippen LogP contribution in [-0.4, -0.2) is 61.4 Å². The highest BCUT2D eigenvalue weighted by molar-refractivity contribution is 5.77. The summed E-state index contributed by atoms with van der Waals surface area (Å²) >= 11 is 0. The van der Waals surface area contributed by atoms with E-state index in [0.717, 1.165) is 13.1 Å². The summed E-state index contributed by atoms with van der Waals surface area (Å²) in [5.41, 5.74) is -0.251. The molecule has 2 aliphatic rings. The molecule has 0 aliphatic carbocycles. The van der Waals surface area contributed by atoms with Crippen LogP contribution < -0.4 is 5.32 Å². The zero-order valence-corrected chi connectivity index (χ0v) is 11.6. The van der Waals surface area contributed by atoms with Crippen LogP contribution in [0.4, 0.5) is 0 Å². The van der Waals surface area contributed by atoms with Gasteiger partial charge >= 0.3 is 0 Å². The predicted octanol–water partition coefficient (Wildman–Crippen LogP) is 0.391. The lowest BCUT2D eigenvalue weighted by Crippen LogP contribution is -2.54. The lowest BCUT2D eigenvalue weighted by atomic mass is 10.0. The van der Waals surface area contributed by atoms with Gasteiger partial charge in [-0.3, -0.25) is 4.79 Å². The van der Waals surface area contributed by atoms with Crippen LogP contribution in [0.2, 0.25) is 0 Å². The molecule has 0 radical (unpaired) electrons. The maximum absolute atomic E-state index is 12.3. The zero-order chi connectivity index (χ0) is 13.2. The molecule has 0 bridgehead atoms. The van der Waals surface area contributed by atoms with Crippen molar-refractivity contribution >= 4 is 5.91 Å². The molecular weight excluding hydrogens is 232 g/mol. The van der Waals surface area contributed by atoms with Crippen LogP contribution in [0.1, 0.15) is 27.2 Å². The second kappa shape index (κ2) is 5.55. The molecule has 0 aromatic rings. The highest BCUT2D eigenvalue weighted by Gasteiger charge is 2.34. The molecule has 0 aromatic heterocycles. The number of nitrogens with zero attached hydrogens (tertiary/aromatic N) is 1. The molecule has 2 fully saturated rings. The first-order chi connectivity index (χ1) is 8.46. The van der Waals surface area contributed by atoms with Gasteiger partial charge in [-0.1, -0.05) is 0 Å². The second-order valence-corrected chi connectivity index (χ2v) is 5.86. The Bertz CT molecular complexity index is 301. The number of morpholine rings is 2. The Labute approximate surface area is 109 Å². The second-order valence-electron chi connectivity index (χ2n) is 5.86. The summed E-state index contributed by atoms with van der Waals surface area (Å²) < 4.78 is 11.4. The number of hydrogen-bond acceptors (Lipinski definition) is 4. The van der Waals surface area contributed by atoms with Crippen molar-refractivity contribution in [2.24, 2.45) is 0 Å². The van der Waals surface area contributed by atoms with Crippen LogP contribution in [0.25, 0.3) is 0 Å². The van der Waals surface area contributed by atoms with E-state index in [2.05, 4.69) is 5.32 Å². The van der Waals surface area contributed by atoms with E-state index >= 15 is 0 Å². The molecule has 0 saturated carbocycles. The number of nitrogens with one attached hydrogen (secondary N) is 1. The van der Waals surface area contributed by atoms with Gasteiger partial charge in [-0.2, -0.15) is 0 Å². The summed E-state index contributed by atoms with van der Waals surface area (Å²) in [4.78, 5) is 14.2. The highest BCUT2D eigenvalue weighted by Crippen LogP contribution is 2.21. The lowest BCUT2D eigenvalue weighted by molar-refractivity contribution is -0.160. The molecule has 2 saturated heterocycles. The Morgan fingerprint density at radius 2 is 2.28 bits per heavy atom. The van der Waals surface area contributed by atoms with E-state index in [4.69, 9.17) is 9.47 Å². The van der Waals surface area contributed by atoms with Gasteiger partial charge in [0, 0.05) is 26.2 Å². The fourth-order valence-corrected chi connectivity index (χ4v) is 2.72. The molecule has 1 N–H and O–H groups in total. The predicted molar refractivity (Wildman–Crippen MR) is 68.4 cm³/mol. The van der Waals surface area contributed by atoms with Gasteiger partial charge in [0.2, 0.25) is 5.91 Å². The van der Waals surface area contributed by atoms with Crippen LogP contribution in [0.15, 0.2) is 0 Å². The fraction of sp³-hybridized carbons (Fsp3) is 0.923. The monoisotopic (exact) mass is 256 g/mol. The SMILES string of the molecule is CC1CN(C(=O)CC2CNCCO2)CC(C)(C)O1. The first-order valence-electron chi connectivity index (χ1n) is 6.74. The normalized spacial score (nSPS) is 32.3. The third-order valence-corrected chi connectivity index (χ3v) is 3.33. The van der Waals surface area contributed by atoms with Crippen molar-refractivity contribution in [3.05, 3.63) is 0 Å². The topological polar surface area (TPSA) is 50.8 Å². The van der Waals surface area contributed by atoms with E-state index in [9.17, 15) is 4.79 Å². The summed E-state index contributed by atoms with van der Waals surface area (Å²) in [5.74, 6) is 0.173. The minimum atomic E-state index is -0.251. The maximum atomic E-state index is 12.3. The summed E-state index contributed by atoms with van der Waals surface area (Å²) in [6.45, 7) is 9.77. The summed E-state index contributed by atoms with van der Waals surface area (Å²) in [6.07, 6.45) is 0.589. The number of ether oxygens (including phenoxy) is 2. The minimum Gasteiger partial charge on any atom is -0.375 e. The summed E-state index contributed by atoms with van der Waals surface area (Å²) in [7, 11) is 0. The van der Waals surface area contributed by atoms with Gasteiger partial charge in [-0.05, 0) is 20.8 Å². The van der Waals surface area contributed by atoms with E-state index in [-0.39, 0.29) is 23.7 Å². The first-order valence-corrected chi connectivity index (χ1v) is 6.74. The van der Waals surface area contributed by atoms with Crippen LogP contribution in [-0.2, 0) is 14.3 Å². The van der Waals surface area contributed by atoms with Crippen LogP contribution in [0.5, 0.6) is 0 Å². The molecule has 18 heavy (non-hydrogen) atoms. The van der Waals surface area contributed by atoms with Crippen LogP contribution in [0.3, 0.4) is 0 Å². The standard InChI is InChI=1S/C13H24N2O3/c1-10-8-15(9-13(2,3)18-10)12(16)6-11-7-14-4-5-17-11/h10-11,14H,4-9H2,1-3H3. The van der Waals surface area contributed by atoms with Crippen molar-refractivity contribution < 1.29 is 14.3 Å². The Balaban J connectivity index is 1.87. The molecule has 2 heterocycles. The molecule has 0 aromatic carbocycles. The summed E-state index contributed by atoms with van der Waals surface area (Å²) in [5, 5.41) is 3.25. The molecule has 2 unspecified atom stereocenters. The number of hydrogen-bond donors (Lipinski definition) is 1.